The molecule has 36 heavy (non-hydrogen) atoms. The van der Waals surface area contributed by atoms with E-state index in [-0.39, 0.29) is 11.9 Å². The lowest BCUT2D eigenvalue weighted by molar-refractivity contribution is -0.130. The van der Waals surface area contributed by atoms with E-state index in [2.05, 4.69) is 30.7 Å². The lowest BCUT2D eigenvalue weighted by Gasteiger charge is -2.34. The Morgan fingerprint density at radius 2 is 1.64 bits per heavy atom. The summed E-state index contributed by atoms with van der Waals surface area (Å²) >= 11 is 0. The Kier molecular flexibility index (Phi) is 6.07. The van der Waals surface area contributed by atoms with Gasteiger partial charge in [0, 0.05) is 56.7 Å². The van der Waals surface area contributed by atoms with Crippen LogP contribution in [0.15, 0.2) is 48.7 Å². The van der Waals surface area contributed by atoms with Crippen LogP contribution in [0.4, 0.5) is 27.8 Å². The quantitative estimate of drug-likeness (QED) is 0.399. The summed E-state index contributed by atoms with van der Waals surface area (Å²) in [7, 11) is 0. The third kappa shape index (κ3) is 4.73. The van der Waals surface area contributed by atoms with E-state index in [1.165, 1.54) is 0 Å². The molecule has 0 aliphatic carbocycles. The Morgan fingerprint density at radius 1 is 0.944 bits per heavy atom. The highest BCUT2D eigenvalue weighted by atomic mass is 16.2. The van der Waals surface area contributed by atoms with E-state index >= 15 is 0 Å². The van der Waals surface area contributed by atoms with Gasteiger partial charge in [0.1, 0.15) is 17.3 Å². The van der Waals surface area contributed by atoms with Gasteiger partial charge in [-0.05, 0) is 43.3 Å². The molecule has 0 bridgehead atoms. The minimum absolute atomic E-state index is 0.0287. The molecule has 4 aromatic rings. The number of nitrogens with zero attached hydrogens (tertiary/aromatic N) is 7. The van der Waals surface area contributed by atoms with Crippen LogP contribution >= 0.6 is 0 Å². The molecule has 1 aromatic carbocycles. The van der Waals surface area contributed by atoms with Gasteiger partial charge in [-0.1, -0.05) is 0 Å². The topological polar surface area (TPSA) is 147 Å². The Morgan fingerprint density at radius 3 is 2.33 bits per heavy atom. The Labute approximate surface area is 207 Å². The third-order valence-electron chi connectivity index (χ3n) is 5.90. The molecule has 0 saturated carbocycles. The van der Waals surface area contributed by atoms with Gasteiger partial charge in [0.2, 0.25) is 5.91 Å². The molecule has 0 atom stereocenters. The maximum absolute atomic E-state index is 12.6. The van der Waals surface area contributed by atoms with Crippen LogP contribution in [0.5, 0.6) is 0 Å². The second-order valence-corrected chi connectivity index (χ2v) is 8.45. The second kappa shape index (κ2) is 9.49. The van der Waals surface area contributed by atoms with E-state index in [1.807, 2.05) is 36.4 Å². The fraction of sp³-hybridized carbons (Fsp3) is 0.250. The first kappa shape index (κ1) is 23.0. The van der Waals surface area contributed by atoms with Gasteiger partial charge in [0.05, 0.1) is 5.69 Å². The van der Waals surface area contributed by atoms with Crippen LogP contribution in [0, 0.1) is 6.92 Å². The van der Waals surface area contributed by atoms with Crippen molar-refractivity contribution in [3.8, 4) is 11.4 Å². The number of nitrogens with one attached hydrogen (secondary N) is 2. The summed E-state index contributed by atoms with van der Waals surface area (Å²) in [4.78, 5) is 40.9. The molecule has 12 nitrogen and oxygen atoms in total. The number of aromatic nitrogens is 5. The normalized spacial score (nSPS) is 13.6. The zero-order valence-corrected chi connectivity index (χ0v) is 20.0. The van der Waals surface area contributed by atoms with Crippen molar-refractivity contribution < 1.29 is 9.59 Å². The summed E-state index contributed by atoms with van der Waals surface area (Å²) in [6.07, 6.45) is 1.68. The van der Waals surface area contributed by atoms with E-state index in [0.717, 1.165) is 5.69 Å². The molecule has 1 fully saturated rings. The predicted octanol–water partition coefficient (Wildman–Crippen LogP) is 2.52. The monoisotopic (exact) mass is 486 g/mol. The first-order valence-electron chi connectivity index (χ1n) is 11.5. The number of hydrogen-bond donors (Lipinski definition) is 3. The number of nitrogen functional groups attached to an aromatic ring is 1. The number of carbonyl (C=O) groups is 2. The average molecular weight is 487 g/mol. The Balaban J connectivity index is 1.33. The maximum atomic E-state index is 12.6. The molecule has 3 amide bonds. The van der Waals surface area contributed by atoms with E-state index < -0.39 is 0 Å². The van der Waals surface area contributed by atoms with Gasteiger partial charge in [-0.25, -0.2) is 24.3 Å². The summed E-state index contributed by atoms with van der Waals surface area (Å²) in [5.41, 5.74) is 9.31. The zero-order valence-electron chi connectivity index (χ0n) is 20.0. The van der Waals surface area contributed by atoms with Crippen molar-refractivity contribution in [2.24, 2.45) is 0 Å². The van der Waals surface area contributed by atoms with E-state index in [1.54, 1.807) is 40.4 Å². The van der Waals surface area contributed by atoms with E-state index in [0.29, 0.717) is 66.4 Å². The number of urea groups is 1. The lowest BCUT2D eigenvalue weighted by atomic mass is 10.2. The lowest BCUT2D eigenvalue weighted by Crippen LogP contribution is -2.51. The van der Waals surface area contributed by atoms with Crippen molar-refractivity contribution in [3.05, 3.63) is 54.5 Å². The highest BCUT2D eigenvalue weighted by Crippen LogP contribution is 2.30. The number of aryl methyl sites for hydroxylation is 1. The third-order valence-corrected chi connectivity index (χ3v) is 5.90. The summed E-state index contributed by atoms with van der Waals surface area (Å²) in [6, 6.07) is 12.5. The highest BCUT2D eigenvalue weighted by Gasteiger charge is 2.22. The SMILES string of the molecule is CC(=O)N1CCN(C(=O)Nc2ccc(Nc3nc4cccnn4c3-c3cc(N)nc(C)n3)cc2)CC1. The van der Waals surface area contributed by atoms with Crippen molar-refractivity contribution in [1.29, 1.82) is 0 Å². The molecular weight excluding hydrogens is 460 g/mol. The van der Waals surface area contributed by atoms with E-state index in [9.17, 15) is 9.59 Å². The molecule has 5 rings (SSSR count). The smallest absolute Gasteiger partial charge is 0.321 e. The van der Waals surface area contributed by atoms with Crippen LogP contribution in [0.3, 0.4) is 0 Å². The van der Waals surface area contributed by atoms with Crippen molar-refractivity contribution in [3.63, 3.8) is 0 Å². The first-order chi connectivity index (χ1) is 17.4. The average Bonchev–Trinajstić information content (AvgIpc) is 3.22. The van der Waals surface area contributed by atoms with Gasteiger partial charge in [0.15, 0.2) is 11.5 Å². The molecular formula is C24H26N10O2. The number of hydrogen-bond acceptors (Lipinski definition) is 8. The standard InChI is InChI=1S/C24H26N10O2/c1-15-27-19(14-20(25)28-15)22-23(31-21-4-3-9-26-34(21)22)29-17-5-7-18(8-6-17)30-24(36)33-12-10-32(11-13-33)16(2)35/h3-9,14,29H,10-13H2,1-2H3,(H,30,36)(H2,25,27,28). The first-order valence-corrected chi connectivity index (χ1v) is 11.5. The van der Waals surface area contributed by atoms with Crippen LogP contribution in [0.2, 0.25) is 0 Å². The molecule has 12 heteroatoms. The number of piperazine rings is 1. The van der Waals surface area contributed by atoms with Crippen LogP contribution in [-0.4, -0.2) is 72.5 Å². The second-order valence-electron chi connectivity index (χ2n) is 8.45. The van der Waals surface area contributed by atoms with Crippen molar-refractivity contribution in [1.82, 2.24) is 34.4 Å². The minimum atomic E-state index is -0.190. The molecule has 4 heterocycles. The van der Waals surface area contributed by atoms with Gasteiger partial charge in [-0.15, -0.1) is 0 Å². The van der Waals surface area contributed by atoms with Gasteiger partial charge in [-0.3, -0.25) is 4.79 Å². The number of nitrogens with two attached hydrogens (primary N) is 1. The number of fused-ring (bicyclic) bond motifs is 1. The van der Waals surface area contributed by atoms with Crippen LogP contribution in [0.1, 0.15) is 12.7 Å². The predicted molar refractivity (Wildman–Crippen MR) is 136 cm³/mol. The number of carbonyl (C=O) groups excluding carboxylic acids is 2. The number of rotatable bonds is 4. The van der Waals surface area contributed by atoms with Crippen molar-refractivity contribution in [2.45, 2.75) is 13.8 Å². The van der Waals surface area contributed by atoms with Crippen LogP contribution < -0.4 is 16.4 Å². The van der Waals surface area contributed by atoms with Crippen molar-refractivity contribution in [2.75, 3.05) is 42.5 Å². The number of benzene rings is 1. The number of anilines is 4. The summed E-state index contributed by atoms with van der Waals surface area (Å²) in [5.74, 6) is 1.49. The fourth-order valence-corrected chi connectivity index (χ4v) is 4.12. The summed E-state index contributed by atoms with van der Waals surface area (Å²) in [5, 5.41) is 10.7. The molecule has 184 valence electrons. The Hall–Kier alpha value is -4.74. The van der Waals surface area contributed by atoms with Crippen LogP contribution in [0.25, 0.3) is 17.0 Å². The molecule has 3 aromatic heterocycles. The maximum Gasteiger partial charge on any atom is 0.321 e. The summed E-state index contributed by atoms with van der Waals surface area (Å²) < 4.78 is 1.70. The largest absolute Gasteiger partial charge is 0.384 e. The van der Waals surface area contributed by atoms with Gasteiger partial charge >= 0.3 is 6.03 Å². The van der Waals surface area contributed by atoms with Gasteiger partial charge in [0.25, 0.3) is 0 Å². The van der Waals surface area contributed by atoms with Gasteiger partial charge in [-0.2, -0.15) is 5.10 Å². The van der Waals surface area contributed by atoms with Crippen LogP contribution in [-0.2, 0) is 4.79 Å². The molecule has 4 N–H and O–H groups in total. The highest BCUT2D eigenvalue weighted by molar-refractivity contribution is 5.90. The number of amides is 3. The fourth-order valence-electron chi connectivity index (χ4n) is 4.12. The van der Waals surface area contributed by atoms with Crippen molar-refractivity contribution >= 4 is 40.6 Å². The minimum Gasteiger partial charge on any atom is -0.384 e. The van der Waals surface area contributed by atoms with Gasteiger partial charge < -0.3 is 26.2 Å². The molecule has 0 radical (unpaired) electrons. The molecule has 1 aliphatic heterocycles. The number of imidazole rings is 1. The van der Waals surface area contributed by atoms with E-state index in [4.69, 9.17) is 5.73 Å². The zero-order chi connectivity index (χ0) is 25.2. The molecule has 1 aliphatic rings. The molecule has 1 saturated heterocycles. The Bertz CT molecular complexity index is 1400. The molecule has 0 unspecified atom stereocenters. The summed E-state index contributed by atoms with van der Waals surface area (Å²) in [6.45, 7) is 5.41. The molecule has 0 spiro atoms.